The average Bonchev–Trinajstić information content (AvgIpc) is 2.90. The molecule has 152 valence electrons. The number of aryl methyl sites for hydroxylation is 3. The van der Waals surface area contributed by atoms with Crippen LogP contribution < -0.4 is 15.6 Å². The predicted octanol–water partition coefficient (Wildman–Crippen LogP) is 4.22. The van der Waals surface area contributed by atoms with Gasteiger partial charge in [0.1, 0.15) is 16.4 Å². The topological polar surface area (TPSA) is 84.1 Å². The number of H-pyrrole nitrogens is 1. The monoisotopic (exact) mass is 411 g/mol. The summed E-state index contributed by atoms with van der Waals surface area (Å²) in [5.74, 6) is 1.23. The molecule has 0 fully saturated rings. The van der Waals surface area contributed by atoms with E-state index in [0.717, 1.165) is 40.9 Å². The highest BCUT2D eigenvalue weighted by molar-refractivity contribution is 7.18. The molecule has 2 aromatic heterocycles. The van der Waals surface area contributed by atoms with Crippen molar-refractivity contribution in [3.8, 4) is 5.75 Å². The average molecular weight is 412 g/mol. The molecule has 3 aromatic rings. The molecule has 4 rings (SSSR count). The van der Waals surface area contributed by atoms with Gasteiger partial charge in [0, 0.05) is 23.4 Å². The van der Waals surface area contributed by atoms with Crippen LogP contribution in [-0.4, -0.2) is 22.5 Å². The van der Waals surface area contributed by atoms with Crippen LogP contribution in [0.5, 0.6) is 5.75 Å². The highest BCUT2D eigenvalue weighted by Gasteiger charge is 2.19. The molecular formula is C22H25N3O3S. The zero-order chi connectivity index (χ0) is 20.2. The van der Waals surface area contributed by atoms with Gasteiger partial charge in [-0.3, -0.25) is 9.59 Å². The molecule has 1 aliphatic rings. The van der Waals surface area contributed by atoms with E-state index in [-0.39, 0.29) is 17.9 Å². The van der Waals surface area contributed by atoms with Crippen molar-refractivity contribution in [2.75, 3.05) is 11.9 Å². The standard InChI is InChI=1S/C22H25N3O3S/c1-2-28-15-10-8-14(9-11-15)23-19(26)13-12-18-24-21(27)20-16-6-4-3-5-7-17(16)29-22(20)25-18/h8-11H,2-7,12-13H2,1H3,(H,23,26)(H,24,25,27). The highest BCUT2D eigenvalue weighted by atomic mass is 32.1. The Labute approximate surface area is 173 Å². The van der Waals surface area contributed by atoms with Crippen molar-refractivity contribution < 1.29 is 9.53 Å². The van der Waals surface area contributed by atoms with E-state index >= 15 is 0 Å². The van der Waals surface area contributed by atoms with Crippen molar-refractivity contribution in [3.05, 3.63) is 50.9 Å². The van der Waals surface area contributed by atoms with Crippen LogP contribution >= 0.6 is 11.3 Å². The van der Waals surface area contributed by atoms with Crippen LogP contribution in [-0.2, 0) is 24.1 Å². The zero-order valence-corrected chi connectivity index (χ0v) is 17.4. The van der Waals surface area contributed by atoms with E-state index in [1.807, 2.05) is 31.2 Å². The third-order valence-corrected chi connectivity index (χ3v) is 6.35. The van der Waals surface area contributed by atoms with Crippen LogP contribution in [0.2, 0.25) is 0 Å². The van der Waals surface area contributed by atoms with Crippen molar-refractivity contribution >= 4 is 33.1 Å². The van der Waals surface area contributed by atoms with Crippen molar-refractivity contribution in [3.63, 3.8) is 0 Å². The highest BCUT2D eigenvalue weighted by Crippen LogP contribution is 2.32. The summed E-state index contributed by atoms with van der Waals surface area (Å²) in [5, 5.41) is 3.63. The molecule has 0 unspecified atom stereocenters. The van der Waals surface area contributed by atoms with Gasteiger partial charge >= 0.3 is 0 Å². The van der Waals surface area contributed by atoms with Crippen LogP contribution in [0.3, 0.4) is 0 Å². The first kappa shape index (κ1) is 19.6. The number of anilines is 1. The molecule has 0 radical (unpaired) electrons. The smallest absolute Gasteiger partial charge is 0.259 e. The quantitative estimate of drug-likeness (QED) is 0.595. The third kappa shape index (κ3) is 4.50. The van der Waals surface area contributed by atoms with E-state index in [1.54, 1.807) is 11.3 Å². The number of thiophene rings is 1. The Morgan fingerprint density at radius 3 is 2.79 bits per heavy atom. The second kappa shape index (κ2) is 8.78. The van der Waals surface area contributed by atoms with Gasteiger partial charge in [0.05, 0.1) is 12.0 Å². The Bertz CT molecular complexity index is 1070. The van der Waals surface area contributed by atoms with Crippen LogP contribution in [0.1, 0.15) is 48.9 Å². The fraction of sp³-hybridized carbons (Fsp3) is 0.409. The molecule has 0 spiro atoms. The normalized spacial score (nSPS) is 13.7. The van der Waals surface area contributed by atoms with Gasteiger partial charge in [-0.05, 0) is 62.4 Å². The lowest BCUT2D eigenvalue weighted by molar-refractivity contribution is -0.116. The number of hydrogen-bond acceptors (Lipinski definition) is 5. The van der Waals surface area contributed by atoms with E-state index < -0.39 is 0 Å². The Morgan fingerprint density at radius 2 is 2.00 bits per heavy atom. The van der Waals surface area contributed by atoms with Gasteiger partial charge in [-0.25, -0.2) is 4.98 Å². The molecule has 0 saturated heterocycles. The van der Waals surface area contributed by atoms with Crippen LogP contribution in [0, 0.1) is 0 Å². The molecule has 2 N–H and O–H groups in total. The van der Waals surface area contributed by atoms with E-state index in [9.17, 15) is 9.59 Å². The number of carbonyl (C=O) groups excluding carboxylic acids is 1. The van der Waals surface area contributed by atoms with E-state index in [2.05, 4.69) is 15.3 Å². The Morgan fingerprint density at radius 1 is 1.21 bits per heavy atom. The first-order valence-corrected chi connectivity index (χ1v) is 11.0. The summed E-state index contributed by atoms with van der Waals surface area (Å²) >= 11 is 1.64. The molecule has 0 saturated carbocycles. The second-order valence-corrected chi connectivity index (χ2v) is 8.35. The van der Waals surface area contributed by atoms with Gasteiger partial charge in [0.25, 0.3) is 5.56 Å². The summed E-state index contributed by atoms with van der Waals surface area (Å²) in [6, 6.07) is 7.28. The van der Waals surface area contributed by atoms with Gasteiger partial charge in [0.2, 0.25) is 5.91 Å². The molecule has 0 atom stereocenters. The number of fused-ring (bicyclic) bond motifs is 3. The molecule has 6 nitrogen and oxygen atoms in total. The first-order valence-electron chi connectivity index (χ1n) is 10.2. The minimum Gasteiger partial charge on any atom is -0.494 e. The molecule has 7 heteroatoms. The van der Waals surface area contributed by atoms with Crippen molar-refractivity contribution in [2.45, 2.75) is 51.9 Å². The maximum Gasteiger partial charge on any atom is 0.259 e. The summed E-state index contributed by atoms with van der Waals surface area (Å²) in [5.41, 5.74) is 1.84. The van der Waals surface area contributed by atoms with Crippen molar-refractivity contribution in [1.82, 2.24) is 9.97 Å². The summed E-state index contributed by atoms with van der Waals surface area (Å²) in [7, 11) is 0. The van der Waals surface area contributed by atoms with Crippen LogP contribution in [0.25, 0.3) is 10.2 Å². The number of aromatic amines is 1. The molecule has 1 aliphatic carbocycles. The van der Waals surface area contributed by atoms with Gasteiger partial charge in [-0.15, -0.1) is 11.3 Å². The van der Waals surface area contributed by atoms with Gasteiger partial charge in [-0.2, -0.15) is 0 Å². The lowest BCUT2D eigenvalue weighted by atomic mass is 10.1. The van der Waals surface area contributed by atoms with Gasteiger partial charge in [-0.1, -0.05) is 6.42 Å². The molecule has 1 amide bonds. The maximum absolute atomic E-state index is 12.7. The fourth-order valence-corrected chi connectivity index (χ4v) is 5.04. The lowest BCUT2D eigenvalue weighted by Gasteiger charge is -2.07. The lowest BCUT2D eigenvalue weighted by Crippen LogP contribution is -2.16. The molecule has 0 bridgehead atoms. The number of amides is 1. The number of benzene rings is 1. The minimum absolute atomic E-state index is 0.0729. The summed E-state index contributed by atoms with van der Waals surface area (Å²) in [6.07, 6.45) is 6.18. The largest absolute Gasteiger partial charge is 0.494 e. The molecule has 0 aliphatic heterocycles. The molecule has 29 heavy (non-hydrogen) atoms. The Hall–Kier alpha value is -2.67. The number of ether oxygens (including phenoxy) is 1. The number of nitrogens with one attached hydrogen (secondary N) is 2. The molecule has 1 aromatic carbocycles. The summed E-state index contributed by atoms with van der Waals surface area (Å²) < 4.78 is 5.40. The van der Waals surface area contributed by atoms with Gasteiger partial charge < -0.3 is 15.0 Å². The zero-order valence-electron chi connectivity index (χ0n) is 16.5. The third-order valence-electron chi connectivity index (χ3n) is 5.16. The number of aromatic nitrogens is 2. The molecular weight excluding hydrogens is 386 g/mol. The first-order chi connectivity index (χ1) is 14.1. The van der Waals surface area contributed by atoms with Crippen LogP contribution in [0.4, 0.5) is 5.69 Å². The van der Waals surface area contributed by atoms with Gasteiger partial charge in [0.15, 0.2) is 0 Å². The number of nitrogens with zero attached hydrogens (tertiary/aromatic N) is 1. The summed E-state index contributed by atoms with van der Waals surface area (Å²) in [4.78, 5) is 34.6. The Balaban J connectivity index is 1.43. The summed E-state index contributed by atoms with van der Waals surface area (Å²) in [6.45, 7) is 2.53. The van der Waals surface area contributed by atoms with Crippen molar-refractivity contribution in [2.24, 2.45) is 0 Å². The van der Waals surface area contributed by atoms with Crippen molar-refractivity contribution in [1.29, 1.82) is 0 Å². The minimum atomic E-state index is -0.112. The molecule has 2 heterocycles. The number of hydrogen-bond donors (Lipinski definition) is 2. The number of carbonyl (C=O) groups is 1. The maximum atomic E-state index is 12.7. The van der Waals surface area contributed by atoms with Crippen LogP contribution in [0.15, 0.2) is 29.1 Å². The van der Waals surface area contributed by atoms with E-state index in [4.69, 9.17) is 4.74 Å². The van der Waals surface area contributed by atoms with E-state index in [1.165, 1.54) is 23.3 Å². The SMILES string of the molecule is CCOc1ccc(NC(=O)CCc2nc3sc4c(c3c(=O)[nH]2)CCCCC4)cc1. The van der Waals surface area contributed by atoms with E-state index in [0.29, 0.717) is 18.9 Å². The fourth-order valence-electron chi connectivity index (χ4n) is 3.76. The predicted molar refractivity (Wildman–Crippen MR) is 116 cm³/mol. The second-order valence-electron chi connectivity index (χ2n) is 7.26. The number of rotatable bonds is 6. The Kier molecular flexibility index (Phi) is 5.94.